The Morgan fingerprint density at radius 1 is 0.483 bits per heavy atom. The third-order valence-corrected chi connectivity index (χ3v) is 12.3. The van der Waals surface area contributed by atoms with Gasteiger partial charge in [0.15, 0.2) is 0 Å². The van der Waals surface area contributed by atoms with Crippen molar-refractivity contribution in [3.05, 3.63) is 24.3 Å². The van der Waals surface area contributed by atoms with Gasteiger partial charge in [0.2, 0.25) is 5.91 Å². The number of ether oxygens (including phenoxy) is 1. The zero-order chi connectivity index (χ0) is 43.8. The lowest BCUT2D eigenvalue weighted by Crippen LogP contribution is -2.46. The predicted octanol–water partition coefficient (Wildman–Crippen LogP) is 15.9. The minimum absolute atomic E-state index is 0.0814. The Kier molecular flexibility index (Phi) is 47.0. The van der Waals surface area contributed by atoms with Crippen LogP contribution in [0.25, 0.3) is 0 Å². The lowest BCUT2D eigenvalue weighted by atomic mass is 10.0. The van der Waals surface area contributed by atoms with Crippen molar-refractivity contribution < 1.29 is 24.5 Å². The van der Waals surface area contributed by atoms with E-state index in [2.05, 4.69) is 50.4 Å². The molecule has 0 fully saturated rings. The summed E-state index contributed by atoms with van der Waals surface area (Å²) >= 11 is 0. The summed E-state index contributed by atoms with van der Waals surface area (Å²) in [6.45, 7) is 6.46. The summed E-state index contributed by atoms with van der Waals surface area (Å²) in [5, 5.41) is 23.7. The van der Waals surface area contributed by atoms with Gasteiger partial charge < -0.3 is 20.3 Å². The molecule has 0 radical (unpaired) electrons. The Bertz CT molecular complexity index is 950. The normalized spacial score (nSPS) is 13.3. The molecule has 0 rings (SSSR count). The average Bonchev–Trinajstić information content (AvgIpc) is 3.24. The van der Waals surface area contributed by atoms with Crippen molar-refractivity contribution in [2.24, 2.45) is 0 Å². The third-order valence-electron chi connectivity index (χ3n) is 12.3. The summed E-state index contributed by atoms with van der Waals surface area (Å²) in [6, 6.07) is -0.696. The van der Waals surface area contributed by atoms with Crippen LogP contribution in [0.4, 0.5) is 0 Å². The van der Waals surface area contributed by atoms with Gasteiger partial charge in [-0.1, -0.05) is 238 Å². The van der Waals surface area contributed by atoms with E-state index in [1.54, 1.807) is 0 Å². The molecule has 6 nitrogen and oxygen atoms in total. The highest BCUT2D eigenvalue weighted by molar-refractivity contribution is 5.77. The average molecular weight is 846 g/mol. The van der Waals surface area contributed by atoms with E-state index in [1.807, 2.05) is 0 Å². The van der Waals surface area contributed by atoms with Crippen molar-refractivity contribution >= 4 is 11.9 Å². The molecule has 0 aromatic rings. The van der Waals surface area contributed by atoms with Crippen LogP contribution < -0.4 is 5.32 Å². The number of aliphatic hydroxyl groups excluding tert-OH is 2. The number of carbonyl (C=O) groups is 2. The first-order chi connectivity index (χ1) is 29.5. The van der Waals surface area contributed by atoms with Gasteiger partial charge in [0, 0.05) is 6.42 Å². The van der Waals surface area contributed by atoms with E-state index in [-0.39, 0.29) is 24.9 Å². The highest BCUT2D eigenvalue weighted by Gasteiger charge is 2.24. The molecular weight excluding hydrogens is 743 g/mol. The van der Waals surface area contributed by atoms with Crippen molar-refractivity contribution in [3.8, 4) is 0 Å². The minimum atomic E-state index is -0.782. The maximum Gasteiger partial charge on any atom is 0.306 e. The van der Waals surface area contributed by atoms with Crippen LogP contribution in [0.15, 0.2) is 24.3 Å². The second kappa shape index (κ2) is 48.4. The SMILES string of the molecule is CCCCC/C=C\C/C=C\CCCCCCCCCCCC(=O)OC(CCCCCCCCCCCCCCC)CC(=O)NC(CO)C(O)CCCCCCCCCCC. The van der Waals surface area contributed by atoms with Crippen molar-refractivity contribution in [1.29, 1.82) is 0 Å². The van der Waals surface area contributed by atoms with Crippen LogP contribution in [0.3, 0.4) is 0 Å². The number of nitrogens with one attached hydrogen (secondary N) is 1. The number of rotatable bonds is 48. The fraction of sp³-hybridized carbons (Fsp3) is 0.889. The number of unbranched alkanes of at least 4 members (excludes halogenated alkanes) is 32. The summed E-state index contributed by atoms with van der Waals surface area (Å²) in [4.78, 5) is 26.1. The van der Waals surface area contributed by atoms with E-state index in [1.165, 1.54) is 180 Å². The molecule has 0 saturated carbocycles. The van der Waals surface area contributed by atoms with E-state index >= 15 is 0 Å². The van der Waals surface area contributed by atoms with Crippen LogP contribution in [0.1, 0.15) is 284 Å². The highest BCUT2D eigenvalue weighted by atomic mass is 16.5. The first-order valence-corrected chi connectivity index (χ1v) is 26.6. The van der Waals surface area contributed by atoms with E-state index in [0.29, 0.717) is 19.3 Å². The highest BCUT2D eigenvalue weighted by Crippen LogP contribution is 2.18. The molecule has 0 saturated heterocycles. The standard InChI is InChI=1S/C54H103NO5/c1-4-7-10-13-16-19-21-23-24-25-26-27-28-30-32-35-38-41-44-47-54(59)60-50(45-42-39-36-34-31-29-22-20-17-14-11-8-5-2)48-53(58)55-51(49-56)52(57)46-43-40-37-33-18-15-12-9-6-3/h16,19,23-24,50-52,56-57H,4-15,17-18,20-22,25-49H2,1-3H3,(H,55,58)/b19-16-,24-23-. The van der Waals surface area contributed by atoms with Gasteiger partial charge in [-0.15, -0.1) is 0 Å². The zero-order valence-electron chi connectivity index (χ0n) is 40.4. The number of aliphatic hydroxyl groups is 2. The number of amides is 1. The smallest absolute Gasteiger partial charge is 0.306 e. The molecule has 0 bridgehead atoms. The van der Waals surface area contributed by atoms with Crippen molar-refractivity contribution in [2.45, 2.75) is 302 Å². The molecule has 0 spiro atoms. The Balaban J connectivity index is 4.48. The van der Waals surface area contributed by atoms with E-state index in [0.717, 1.165) is 57.8 Å². The summed E-state index contributed by atoms with van der Waals surface area (Å²) in [7, 11) is 0. The molecule has 3 atom stereocenters. The fourth-order valence-electron chi connectivity index (χ4n) is 8.23. The van der Waals surface area contributed by atoms with Crippen LogP contribution in [0.2, 0.25) is 0 Å². The second-order valence-corrected chi connectivity index (χ2v) is 18.3. The third kappa shape index (κ3) is 43.0. The van der Waals surface area contributed by atoms with Gasteiger partial charge in [-0.3, -0.25) is 9.59 Å². The molecule has 0 aliphatic heterocycles. The molecule has 0 aromatic heterocycles. The van der Waals surface area contributed by atoms with Gasteiger partial charge in [-0.2, -0.15) is 0 Å². The van der Waals surface area contributed by atoms with Crippen LogP contribution in [-0.4, -0.2) is 46.9 Å². The number of allylic oxidation sites excluding steroid dienone is 4. The summed E-state index contributed by atoms with van der Waals surface area (Å²) in [5.74, 6) is -0.464. The molecule has 0 aliphatic rings. The van der Waals surface area contributed by atoms with Gasteiger partial charge in [0.1, 0.15) is 6.10 Å². The number of hydrogen-bond acceptors (Lipinski definition) is 5. The number of hydrogen-bond donors (Lipinski definition) is 3. The maximum absolute atomic E-state index is 13.2. The molecule has 1 amide bonds. The molecule has 3 N–H and O–H groups in total. The second-order valence-electron chi connectivity index (χ2n) is 18.3. The molecule has 0 aromatic carbocycles. The molecule has 60 heavy (non-hydrogen) atoms. The van der Waals surface area contributed by atoms with E-state index in [9.17, 15) is 19.8 Å². The molecule has 6 heteroatoms. The first-order valence-electron chi connectivity index (χ1n) is 26.6. The summed E-state index contributed by atoms with van der Waals surface area (Å²) in [6.07, 6.45) is 55.3. The Morgan fingerprint density at radius 3 is 1.30 bits per heavy atom. The summed E-state index contributed by atoms with van der Waals surface area (Å²) in [5.41, 5.74) is 0. The Morgan fingerprint density at radius 2 is 0.850 bits per heavy atom. The predicted molar refractivity (Wildman–Crippen MR) is 260 cm³/mol. The zero-order valence-corrected chi connectivity index (χ0v) is 40.4. The van der Waals surface area contributed by atoms with Gasteiger partial charge in [-0.25, -0.2) is 0 Å². The minimum Gasteiger partial charge on any atom is -0.462 e. The number of carbonyl (C=O) groups excluding carboxylic acids is 2. The molecular formula is C54H103NO5. The van der Waals surface area contributed by atoms with Crippen LogP contribution in [0, 0.1) is 0 Å². The van der Waals surface area contributed by atoms with Gasteiger partial charge in [-0.05, 0) is 57.8 Å². The van der Waals surface area contributed by atoms with Gasteiger partial charge in [0.25, 0.3) is 0 Å². The Hall–Kier alpha value is -1.66. The lowest BCUT2D eigenvalue weighted by molar-refractivity contribution is -0.151. The van der Waals surface area contributed by atoms with Crippen LogP contribution >= 0.6 is 0 Å². The van der Waals surface area contributed by atoms with E-state index in [4.69, 9.17) is 4.74 Å². The van der Waals surface area contributed by atoms with Crippen LogP contribution in [-0.2, 0) is 14.3 Å². The molecule has 0 aliphatic carbocycles. The van der Waals surface area contributed by atoms with Crippen molar-refractivity contribution in [2.75, 3.05) is 6.61 Å². The Labute approximate surface area is 373 Å². The van der Waals surface area contributed by atoms with Gasteiger partial charge >= 0.3 is 5.97 Å². The van der Waals surface area contributed by atoms with Crippen molar-refractivity contribution in [1.82, 2.24) is 5.32 Å². The van der Waals surface area contributed by atoms with Crippen molar-refractivity contribution in [3.63, 3.8) is 0 Å². The lowest BCUT2D eigenvalue weighted by Gasteiger charge is -2.24. The maximum atomic E-state index is 13.2. The van der Waals surface area contributed by atoms with Crippen LogP contribution in [0.5, 0.6) is 0 Å². The summed E-state index contributed by atoms with van der Waals surface area (Å²) < 4.78 is 5.94. The molecule has 0 heterocycles. The monoisotopic (exact) mass is 846 g/mol. The first kappa shape index (κ1) is 58.3. The largest absolute Gasteiger partial charge is 0.462 e. The fourth-order valence-corrected chi connectivity index (χ4v) is 8.23. The number of esters is 1. The molecule has 3 unspecified atom stereocenters. The van der Waals surface area contributed by atoms with E-state index < -0.39 is 18.2 Å². The molecule has 354 valence electrons. The topological polar surface area (TPSA) is 95.9 Å². The quantitative estimate of drug-likeness (QED) is 0.0322. The van der Waals surface area contributed by atoms with Gasteiger partial charge in [0.05, 0.1) is 25.2 Å².